The number of carbonyl (C=O) groups is 1. The Bertz CT molecular complexity index is 800. The SMILES string of the molecule is NC(=O)c1ccc(Oc2ccc(CNCCc3cccs3)cc2)cn1. The van der Waals surface area contributed by atoms with Gasteiger partial charge in [-0.25, -0.2) is 4.98 Å². The number of primary amides is 1. The van der Waals surface area contributed by atoms with Crippen LogP contribution in [-0.4, -0.2) is 17.4 Å². The molecule has 2 heterocycles. The molecule has 0 fully saturated rings. The number of amides is 1. The summed E-state index contributed by atoms with van der Waals surface area (Å²) in [6.07, 6.45) is 2.54. The number of nitrogens with one attached hydrogen (secondary N) is 1. The quantitative estimate of drug-likeness (QED) is 0.609. The molecule has 0 spiro atoms. The molecule has 2 aromatic heterocycles. The van der Waals surface area contributed by atoms with Crippen LogP contribution in [0.15, 0.2) is 60.1 Å². The number of benzene rings is 1. The van der Waals surface area contributed by atoms with Crippen molar-refractivity contribution in [3.63, 3.8) is 0 Å². The van der Waals surface area contributed by atoms with Crippen LogP contribution in [0.2, 0.25) is 0 Å². The highest BCUT2D eigenvalue weighted by Crippen LogP contribution is 2.21. The summed E-state index contributed by atoms with van der Waals surface area (Å²) in [7, 11) is 0. The molecule has 0 radical (unpaired) electrons. The van der Waals surface area contributed by atoms with Crippen LogP contribution in [0.25, 0.3) is 0 Å². The second kappa shape index (κ2) is 8.41. The van der Waals surface area contributed by atoms with Gasteiger partial charge in [-0.1, -0.05) is 18.2 Å². The minimum absolute atomic E-state index is 0.219. The molecule has 1 aromatic carbocycles. The van der Waals surface area contributed by atoms with Crippen LogP contribution in [-0.2, 0) is 13.0 Å². The molecule has 0 saturated carbocycles. The number of nitrogens with zero attached hydrogens (tertiary/aromatic N) is 1. The summed E-state index contributed by atoms with van der Waals surface area (Å²) >= 11 is 1.79. The summed E-state index contributed by atoms with van der Waals surface area (Å²) in [5, 5.41) is 5.54. The Morgan fingerprint density at radius 2 is 1.92 bits per heavy atom. The van der Waals surface area contributed by atoms with E-state index in [1.54, 1.807) is 23.5 Å². The minimum atomic E-state index is -0.553. The second-order valence-corrected chi connectivity index (χ2v) is 6.53. The summed E-state index contributed by atoms with van der Waals surface area (Å²) in [5.41, 5.74) is 6.58. The Balaban J connectivity index is 1.47. The maximum atomic E-state index is 11.0. The van der Waals surface area contributed by atoms with E-state index < -0.39 is 5.91 Å². The molecule has 1 amide bonds. The van der Waals surface area contributed by atoms with Crippen LogP contribution in [0.5, 0.6) is 11.5 Å². The zero-order chi connectivity index (χ0) is 17.5. The number of hydrogen-bond acceptors (Lipinski definition) is 5. The summed E-state index contributed by atoms with van der Waals surface area (Å²) in [4.78, 5) is 16.3. The highest BCUT2D eigenvalue weighted by Gasteiger charge is 2.03. The Kier molecular flexibility index (Phi) is 5.77. The molecule has 0 aliphatic rings. The average molecular weight is 353 g/mol. The molecule has 0 bridgehead atoms. The van der Waals surface area contributed by atoms with Crippen molar-refractivity contribution < 1.29 is 9.53 Å². The smallest absolute Gasteiger partial charge is 0.267 e. The first-order valence-corrected chi connectivity index (χ1v) is 8.84. The van der Waals surface area contributed by atoms with Gasteiger partial charge in [-0.15, -0.1) is 11.3 Å². The number of hydrogen-bond donors (Lipinski definition) is 2. The molecular weight excluding hydrogens is 334 g/mol. The van der Waals surface area contributed by atoms with Crippen molar-refractivity contribution >= 4 is 17.2 Å². The molecule has 5 nitrogen and oxygen atoms in total. The number of pyridine rings is 1. The second-order valence-electron chi connectivity index (χ2n) is 5.50. The van der Waals surface area contributed by atoms with Crippen LogP contribution < -0.4 is 15.8 Å². The van der Waals surface area contributed by atoms with Gasteiger partial charge in [-0.2, -0.15) is 0 Å². The van der Waals surface area contributed by atoms with Gasteiger partial charge in [0, 0.05) is 18.0 Å². The van der Waals surface area contributed by atoms with Crippen LogP contribution in [0, 0.1) is 0 Å². The normalized spacial score (nSPS) is 10.6. The third-order valence-electron chi connectivity index (χ3n) is 3.61. The summed E-state index contributed by atoms with van der Waals surface area (Å²) < 4.78 is 5.71. The monoisotopic (exact) mass is 353 g/mol. The fourth-order valence-corrected chi connectivity index (χ4v) is 3.01. The lowest BCUT2D eigenvalue weighted by Gasteiger charge is -2.08. The number of ether oxygens (including phenoxy) is 1. The topological polar surface area (TPSA) is 77.2 Å². The fourth-order valence-electron chi connectivity index (χ4n) is 2.30. The minimum Gasteiger partial charge on any atom is -0.456 e. The summed E-state index contributed by atoms with van der Waals surface area (Å²) in [6, 6.07) is 15.3. The molecule has 0 atom stereocenters. The van der Waals surface area contributed by atoms with Crippen molar-refractivity contribution in [3.8, 4) is 11.5 Å². The molecule has 3 rings (SSSR count). The number of carbonyl (C=O) groups excluding carboxylic acids is 1. The van der Waals surface area contributed by atoms with Gasteiger partial charge in [0.25, 0.3) is 5.91 Å². The van der Waals surface area contributed by atoms with Crippen molar-refractivity contribution in [2.45, 2.75) is 13.0 Å². The van der Waals surface area contributed by atoms with Gasteiger partial charge in [0.1, 0.15) is 17.2 Å². The van der Waals surface area contributed by atoms with Gasteiger partial charge in [0.2, 0.25) is 0 Å². The van der Waals surface area contributed by atoms with Gasteiger partial charge < -0.3 is 15.8 Å². The lowest BCUT2D eigenvalue weighted by Crippen LogP contribution is -2.16. The maximum Gasteiger partial charge on any atom is 0.267 e. The van der Waals surface area contributed by atoms with Crippen LogP contribution >= 0.6 is 11.3 Å². The predicted octanol–water partition coefficient (Wildman–Crippen LogP) is 3.37. The van der Waals surface area contributed by atoms with E-state index in [-0.39, 0.29) is 5.69 Å². The van der Waals surface area contributed by atoms with E-state index in [9.17, 15) is 4.79 Å². The highest BCUT2D eigenvalue weighted by molar-refractivity contribution is 7.09. The third kappa shape index (κ3) is 5.14. The van der Waals surface area contributed by atoms with E-state index in [0.29, 0.717) is 5.75 Å². The molecule has 3 N–H and O–H groups in total. The Morgan fingerprint density at radius 1 is 1.12 bits per heavy atom. The third-order valence-corrected chi connectivity index (χ3v) is 4.54. The summed E-state index contributed by atoms with van der Waals surface area (Å²) in [6.45, 7) is 1.77. The van der Waals surface area contributed by atoms with Crippen molar-refractivity contribution in [1.82, 2.24) is 10.3 Å². The standard InChI is InChI=1S/C19H19N3O2S/c20-19(23)18-8-7-16(13-22-18)24-15-5-3-14(4-6-15)12-21-10-9-17-2-1-11-25-17/h1-8,11,13,21H,9-10,12H2,(H2,20,23). The van der Waals surface area contributed by atoms with E-state index in [1.165, 1.54) is 16.6 Å². The lowest BCUT2D eigenvalue weighted by atomic mass is 10.2. The number of rotatable bonds is 8. The maximum absolute atomic E-state index is 11.0. The van der Waals surface area contributed by atoms with Crippen molar-refractivity contribution in [3.05, 3.63) is 76.2 Å². The number of nitrogens with two attached hydrogens (primary N) is 1. The van der Waals surface area contributed by atoms with Gasteiger partial charge in [-0.3, -0.25) is 4.79 Å². The van der Waals surface area contributed by atoms with Crippen molar-refractivity contribution in [2.75, 3.05) is 6.54 Å². The molecule has 128 valence electrons. The Labute approximate surface area is 150 Å². The van der Waals surface area contributed by atoms with E-state index in [2.05, 4.69) is 27.8 Å². The summed E-state index contributed by atoms with van der Waals surface area (Å²) in [5.74, 6) is 0.727. The first kappa shape index (κ1) is 17.1. The molecule has 0 aliphatic heterocycles. The van der Waals surface area contributed by atoms with Gasteiger partial charge in [-0.05, 0) is 47.7 Å². The molecule has 0 unspecified atom stereocenters. The van der Waals surface area contributed by atoms with Crippen LogP contribution in [0.3, 0.4) is 0 Å². The van der Waals surface area contributed by atoms with Gasteiger partial charge >= 0.3 is 0 Å². The van der Waals surface area contributed by atoms with E-state index >= 15 is 0 Å². The Hall–Kier alpha value is -2.70. The zero-order valence-electron chi connectivity index (χ0n) is 13.6. The van der Waals surface area contributed by atoms with Crippen LogP contribution in [0.1, 0.15) is 20.9 Å². The molecule has 3 aromatic rings. The number of aromatic nitrogens is 1. The van der Waals surface area contributed by atoms with E-state index in [4.69, 9.17) is 10.5 Å². The predicted molar refractivity (Wildman–Crippen MR) is 99.0 cm³/mol. The first-order chi connectivity index (χ1) is 12.2. The zero-order valence-corrected chi connectivity index (χ0v) is 14.5. The van der Waals surface area contributed by atoms with Crippen molar-refractivity contribution in [1.29, 1.82) is 0 Å². The highest BCUT2D eigenvalue weighted by atomic mass is 32.1. The lowest BCUT2D eigenvalue weighted by molar-refractivity contribution is 0.0995. The van der Waals surface area contributed by atoms with Gasteiger partial charge in [0.05, 0.1) is 6.20 Å². The van der Waals surface area contributed by atoms with Crippen LogP contribution in [0.4, 0.5) is 0 Å². The number of thiophene rings is 1. The average Bonchev–Trinajstić information content (AvgIpc) is 3.14. The molecular formula is C19H19N3O2S. The fraction of sp³-hybridized carbons (Fsp3) is 0.158. The van der Waals surface area contributed by atoms with Gasteiger partial charge in [0.15, 0.2) is 0 Å². The molecule has 0 aliphatic carbocycles. The van der Waals surface area contributed by atoms with E-state index in [0.717, 1.165) is 25.3 Å². The van der Waals surface area contributed by atoms with E-state index in [1.807, 2.05) is 24.3 Å². The molecule has 25 heavy (non-hydrogen) atoms. The Morgan fingerprint density at radius 3 is 2.56 bits per heavy atom. The van der Waals surface area contributed by atoms with Crippen molar-refractivity contribution in [2.24, 2.45) is 5.73 Å². The first-order valence-electron chi connectivity index (χ1n) is 7.96. The molecule has 6 heteroatoms. The molecule has 0 saturated heterocycles. The largest absolute Gasteiger partial charge is 0.456 e.